The molecule has 0 heterocycles. The molecule has 5 heteroatoms. The molecule has 0 aromatic heterocycles. The van der Waals surface area contributed by atoms with Gasteiger partial charge in [-0.05, 0) is 32.3 Å². The third kappa shape index (κ3) is 10.5. The first-order valence-corrected chi connectivity index (χ1v) is 7.31. The van der Waals surface area contributed by atoms with Crippen LogP contribution >= 0.6 is 24.0 Å². The highest BCUT2D eigenvalue weighted by Crippen LogP contribution is 2.01. The standard InChI is InChI=1S/C16H27N3O.HI/c1-14(2)19-16(17-3)18-11-7-8-12-20-13-15-9-5-4-6-10-15;/h4-6,9-10,14H,7-8,11-13H2,1-3H3,(H2,17,18,19);1H. The van der Waals surface area contributed by atoms with Gasteiger partial charge in [-0.1, -0.05) is 30.3 Å². The number of nitrogens with one attached hydrogen (secondary N) is 2. The van der Waals surface area contributed by atoms with E-state index in [1.807, 2.05) is 18.2 Å². The summed E-state index contributed by atoms with van der Waals surface area (Å²) in [5.74, 6) is 0.866. The van der Waals surface area contributed by atoms with Gasteiger partial charge in [-0.3, -0.25) is 4.99 Å². The van der Waals surface area contributed by atoms with Gasteiger partial charge in [0.15, 0.2) is 5.96 Å². The van der Waals surface area contributed by atoms with Crippen LogP contribution in [0.4, 0.5) is 0 Å². The number of unbranched alkanes of at least 4 members (excludes halogenated alkanes) is 1. The molecule has 1 aromatic carbocycles. The summed E-state index contributed by atoms with van der Waals surface area (Å²) in [6, 6.07) is 10.7. The summed E-state index contributed by atoms with van der Waals surface area (Å²) in [5.41, 5.74) is 1.23. The molecule has 0 atom stereocenters. The first-order valence-electron chi connectivity index (χ1n) is 7.31. The van der Waals surface area contributed by atoms with Gasteiger partial charge in [0.1, 0.15) is 0 Å². The zero-order valence-corrected chi connectivity index (χ0v) is 15.6. The Bertz CT molecular complexity index is 382. The number of ether oxygens (including phenoxy) is 1. The first-order chi connectivity index (χ1) is 9.72. The van der Waals surface area contributed by atoms with E-state index in [1.54, 1.807) is 7.05 Å². The van der Waals surface area contributed by atoms with Crippen LogP contribution in [0.15, 0.2) is 35.3 Å². The van der Waals surface area contributed by atoms with Crippen molar-refractivity contribution in [1.82, 2.24) is 10.6 Å². The molecule has 0 unspecified atom stereocenters. The van der Waals surface area contributed by atoms with Crippen LogP contribution < -0.4 is 10.6 Å². The molecular weight excluding hydrogens is 377 g/mol. The van der Waals surface area contributed by atoms with Crippen molar-refractivity contribution in [2.24, 2.45) is 4.99 Å². The van der Waals surface area contributed by atoms with Gasteiger partial charge in [-0.15, -0.1) is 24.0 Å². The molecule has 2 N–H and O–H groups in total. The number of halogens is 1. The summed E-state index contributed by atoms with van der Waals surface area (Å²) in [6.45, 7) is 6.62. The predicted octanol–water partition coefficient (Wildman–Crippen LogP) is 3.17. The van der Waals surface area contributed by atoms with E-state index >= 15 is 0 Å². The molecule has 1 aromatic rings. The maximum Gasteiger partial charge on any atom is 0.191 e. The molecule has 0 bridgehead atoms. The van der Waals surface area contributed by atoms with Crippen LogP contribution in [0.5, 0.6) is 0 Å². The molecule has 0 aliphatic heterocycles. The summed E-state index contributed by atoms with van der Waals surface area (Å²) in [7, 11) is 1.79. The van der Waals surface area contributed by atoms with Crippen LogP contribution in [0, 0.1) is 0 Å². The van der Waals surface area contributed by atoms with E-state index in [4.69, 9.17) is 4.74 Å². The molecule has 0 saturated heterocycles. The molecule has 0 radical (unpaired) electrons. The zero-order chi connectivity index (χ0) is 14.6. The monoisotopic (exact) mass is 405 g/mol. The second kappa shape index (κ2) is 12.9. The largest absolute Gasteiger partial charge is 0.377 e. The molecule has 0 aliphatic rings. The first kappa shape index (κ1) is 20.2. The van der Waals surface area contributed by atoms with Gasteiger partial charge in [-0.25, -0.2) is 0 Å². The average molecular weight is 405 g/mol. The summed E-state index contributed by atoms with van der Waals surface area (Å²) in [5, 5.41) is 6.55. The lowest BCUT2D eigenvalue weighted by Gasteiger charge is -2.14. The second-order valence-corrected chi connectivity index (χ2v) is 5.04. The van der Waals surface area contributed by atoms with Gasteiger partial charge in [-0.2, -0.15) is 0 Å². The molecule has 0 aliphatic carbocycles. The van der Waals surface area contributed by atoms with Gasteiger partial charge >= 0.3 is 0 Å². The maximum absolute atomic E-state index is 5.64. The fourth-order valence-corrected chi connectivity index (χ4v) is 1.77. The van der Waals surface area contributed by atoms with E-state index in [9.17, 15) is 0 Å². The fourth-order valence-electron chi connectivity index (χ4n) is 1.77. The number of hydrogen-bond acceptors (Lipinski definition) is 2. The molecule has 0 fully saturated rings. The van der Waals surface area contributed by atoms with Gasteiger partial charge < -0.3 is 15.4 Å². The Labute approximate surface area is 145 Å². The molecule has 21 heavy (non-hydrogen) atoms. The Morgan fingerprint density at radius 2 is 1.90 bits per heavy atom. The number of guanidine groups is 1. The number of nitrogens with zero attached hydrogens (tertiary/aromatic N) is 1. The van der Waals surface area contributed by atoms with Crippen LogP contribution in [0.2, 0.25) is 0 Å². The Morgan fingerprint density at radius 3 is 2.52 bits per heavy atom. The van der Waals surface area contributed by atoms with E-state index in [2.05, 4.69) is 41.6 Å². The van der Waals surface area contributed by atoms with Crippen molar-refractivity contribution in [2.45, 2.75) is 39.3 Å². The van der Waals surface area contributed by atoms with Crippen molar-refractivity contribution in [3.63, 3.8) is 0 Å². The normalized spacial score (nSPS) is 11.1. The van der Waals surface area contributed by atoms with Crippen LogP contribution in [0.25, 0.3) is 0 Å². The molecule has 0 spiro atoms. The number of hydrogen-bond donors (Lipinski definition) is 2. The maximum atomic E-state index is 5.64. The van der Waals surface area contributed by atoms with Crippen LogP contribution in [-0.4, -0.2) is 32.2 Å². The van der Waals surface area contributed by atoms with Crippen molar-refractivity contribution < 1.29 is 4.74 Å². The highest BCUT2D eigenvalue weighted by molar-refractivity contribution is 14.0. The van der Waals surface area contributed by atoms with Crippen LogP contribution in [0.1, 0.15) is 32.3 Å². The molecular formula is C16H28IN3O. The smallest absolute Gasteiger partial charge is 0.191 e. The van der Waals surface area contributed by atoms with E-state index < -0.39 is 0 Å². The Kier molecular flexibility index (Phi) is 12.4. The zero-order valence-electron chi connectivity index (χ0n) is 13.3. The van der Waals surface area contributed by atoms with Crippen LogP contribution in [0.3, 0.4) is 0 Å². The van der Waals surface area contributed by atoms with E-state index in [0.29, 0.717) is 12.6 Å². The molecule has 0 saturated carbocycles. The summed E-state index contributed by atoms with van der Waals surface area (Å²) in [6.07, 6.45) is 2.13. The van der Waals surface area contributed by atoms with E-state index in [1.165, 1.54) is 5.56 Å². The summed E-state index contributed by atoms with van der Waals surface area (Å²) >= 11 is 0. The summed E-state index contributed by atoms with van der Waals surface area (Å²) in [4.78, 5) is 4.17. The van der Waals surface area contributed by atoms with Crippen molar-refractivity contribution in [1.29, 1.82) is 0 Å². The highest BCUT2D eigenvalue weighted by Gasteiger charge is 1.98. The minimum absolute atomic E-state index is 0. The van der Waals surface area contributed by atoms with Gasteiger partial charge in [0, 0.05) is 26.2 Å². The number of benzene rings is 1. The predicted molar refractivity (Wildman–Crippen MR) is 100 cm³/mol. The second-order valence-electron chi connectivity index (χ2n) is 5.04. The SMILES string of the molecule is CN=C(NCCCCOCc1ccccc1)NC(C)C.I. The molecule has 1 rings (SSSR count). The van der Waals surface area contributed by atoms with Crippen molar-refractivity contribution in [2.75, 3.05) is 20.2 Å². The van der Waals surface area contributed by atoms with Crippen molar-refractivity contribution in [3.8, 4) is 0 Å². The minimum atomic E-state index is 0. The van der Waals surface area contributed by atoms with Gasteiger partial charge in [0.25, 0.3) is 0 Å². The lowest BCUT2D eigenvalue weighted by molar-refractivity contribution is 0.117. The Morgan fingerprint density at radius 1 is 1.19 bits per heavy atom. The fraction of sp³-hybridized carbons (Fsp3) is 0.562. The third-order valence-electron chi connectivity index (χ3n) is 2.77. The van der Waals surface area contributed by atoms with Crippen molar-refractivity contribution in [3.05, 3.63) is 35.9 Å². The molecule has 4 nitrogen and oxygen atoms in total. The summed E-state index contributed by atoms with van der Waals surface area (Å²) < 4.78 is 5.64. The van der Waals surface area contributed by atoms with Gasteiger partial charge in [0.05, 0.1) is 6.61 Å². The Hall–Kier alpha value is -0.820. The third-order valence-corrected chi connectivity index (χ3v) is 2.77. The average Bonchev–Trinajstić information content (AvgIpc) is 2.45. The topological polar surface area (TPSA) is 45.7 Å². The Balaban J connectivity index is 0.00000400. The quantitative estimate of drug-likeness (QED) is 0.302. The molecule has 120 valence electrons. The number of aliphatic imine (C=N–C) groups is 1. The number of rotatable bonds is 8. The lowest BCUT2D eigenvalue weighted by Crippen LogP contribution is -2.41. The van der Waals surface area contributed by atoms with Crippen LogP contribution in [-0.2, 0) is 11.3 Å². The minimum Gasteiger partial charge on any atom is -0.377 e. The van der Waals surface area contributed by atoms with E-state index in [-0.39, 0.29) is 24.0 Å². The van der Waals surface area contributed by atoms with Gasteiger partial charge in [0.2, 0.25) is 0 Å². The van der Waals surface area contributed by atoms with E-state index in [0.717, 1.165) is 32.0 Å². The highest BCUT2D eigenvalue weighted by atomic mass is 127. The lowest BCUT2D eigenvalue weighted by atomic mass is 10.2. The molecule has 0 amide bonds. The van der Waals surface area contributed by atoms with Crippen molar-refractivity contribution >= 4 is 29.9 Å².